The lowest BCUT2D eigenvalue weighted by molar-refractivity contribution is -0.135. The van der Waals surface area contributed by atoms with Crippen LogP contribution in [0.2, 0.25) is 0 Å². The van der Waals surface area contributed by atoms with Crippen LogP contribution < -0.4 is 4.74 Å². The highest BCUT2D eigenvalue weighted by Crippen LogP contribution is 2.26. The summed E-state index contributed by atoms with van der Waals surface area (Å²) in [4.78, 5) is 10.2. The van der Waals surface area contributed by atoms with Crippen molar-refractivity contribution in [1.29, 1.82) is 0 Å². The Labute approximate surface area is 87.4 Å². The van der Waals surface area contributed by atoms with Gasteiger partial charge in [0.05, 0.1) is 13.5 Å². The minimum Gasteiger partial charge on any atom is -0.504 e. The first-order chi connectivity index (χ1) is 7.13. The van der Waals surface area contributed by atoms with Crippen molar-refractivity contribution in [2.75, 3.05) is 7.11 Å². The van der Waals surface area contributed by atoms with Gasteiger partial charge in [-0.05, 0) is 17.7 Å². The van der Waals surface area contributed by atoms with Gasteiger partial charge in [-0.15, -0.1) is 0 Å². The Hall–Kier alpha value is -1.97. The molecular weight excluding hydrogens is 196 g/mol. The molecule has 0 saturated heterocycles. The van der Waals surface area contributed by atoms with Crippen LogP contribution in [0.15, 0.2) is 24.3 Å². The van der Waals surface area contributed by atoms with Crippen LogP contribution in [0.4, 0.5) is 0 Å². The highest BCUT2D eigenvalue weighted by molar-refractivity contribution is 5.70. The Balaban J connectivity index is 2.75. The molecule has 80 valence electrons. The van der Waals surface area contributed by atoms with Crippen LogP contribution in [0.5, 0.6) is 11.5 Å². The van der Waals surface area contributed by atoms with Crippen molar-refractivity contribution >= 4 is 12.0 Å². The molecule has 0 atom stereocenters. The van der Waals surface area contributed by atoms with Crippen molar-refractivity contribution in [3.05, 3.63) is 29.8 Å². The molecule has 1 aromatic carbocycles. The number of phenolic OH excluding ortho intramolecular Hbond substituents is 1. The Kier molecular flexibility index (Phi) is 3.74. The number of phenols is 1. The number of hydrogen-bond acceptors (Lipinski definition) is 3. The van der Waals surface area contributed by atoms with Gasteiger partial charge in [-0.2, -0.15) is 0 Å². The number of aromatic hydroxyl groups is 1. The average molecular weight is 208 g/mol. The fourth-order valence-electron chi connectivity index (χ4n) is 1.11. The predicted octanol–water partition coefficient (Wildman–Crippen LogP) is 1.89. The second-order valence-electron chi connectivity index (χ2n) is 2.93. The molecule has 0 fully saturated rings. The van der Waals surface area contributed by atoms with E-state index in [0.29, 0.717) is 5.75 Å². The van der Waals surface area contributed by atoms with E-state index in [-0.39, 0.29) is 12.2 Å². The molecule has 0 radical (unpaired) electrons. The fraction of sp³-hybridized carbons (Fsp3) is 0.182. The zero-order valence-corrected chi connectivity index (χ0v) is 8.30. The first kappa shape index (κ1) is 11.1. The summed E-state index contributed by atoms with van der Waals surface area (Å²) < 4.78 is 4.87. The molecule has 1 aromatic rings. The van der Waals surface area contributed by atoms with Crippen molar-refractivity contribution in [3.63, 3.8) is 0 Å². The highest BCUT2D eigenvalue weighted by atomic mass is 16.5. The summed E-state index contributed by atoms with van der Waals surface area (Å²) in [6, 6.07) is 4.86. The summed E-state index contributed by atoms with van der Waals surface area (Å²) in [5.41, 5.74) is 0.731. The summed E-state index contributed by atoms with van der Waals surface area (Å²) in [6.07, 6.45) is 3.11. The molecule has 0 aliphatic rings. The second-order valence-corrected chi connectivity index (χ2v) is 2.93. The van der Waals surface area contributed by atoms with Gasteiger partial charge in [0.2, 0.25) is 0 Å². The van der Waals surface area contributed by atoms with Crippen molar-refractivity contribution in [3.8, 4) is 11.5 Å². The SMILES string of the molecule is COc1ccc(C=CCC(=O)O)cc1O. The molecule has 0 saturated carbocycles. The van der Waals surface area contributed by atoms with Crippen molar-refractivity contribution in [1.82, 2.24) is 0 Å². The monoisotopic (exact) mass is 208 g/mol. The maximum Gasteiger partial charge on any atom is 0.307 e. The van der Waals surface area contributed by atoms with Crippen LogP contribution in [0.3, 0.4) is 0 Å². The summed E-state index contributed by atoms with van der Waals surface area (Å²) in [5, 5.41) is 17.8. The summed E-state index contributed by atoms with van der Waals surface area (Å²) in [7, 11) is 1.47. The second kappa shape index (κ2) is 5.05. The van der Waals surface area contributed by atoms with E-state index in [9.17, 15) is 9.90 Å². The summed E-state index contributed by atoms with van der Waals surface area (Å²) >= 11 is 0. The lowest BCUT2D eigenvalue weighted by Crippen LogP contribution is -1.89. The Morgan fingerprint density at radius 1 is 1.53 bits per heavy atom. The third kappa shape index (κ3) is 3.34. The highest BCUT2D eigenvalue weighted by Gasteiger charge is 2.00. The minimum absolute atomic E-state index is 0.0349. The largest absolute Gasteiger partial charge is 0.504 e. The number of methoxy groups -OCH3 is 1. The van der Waals surface area contributed by atoms with E-state index >= 15 is 0 Å². The third-order valence-corrected chi connectivity index (χ3v) is 1.81. The first-order valence-electron chi connectivity index (χ1n) is 4.39. The lowest BCUT2D eigenvalue weighted by Gasteiger charge is -2.02. The summed E-state index contributed by atoms with van der Waals surface area (Å²) in [5.74, 6) is -0.454. The number of ether oxygens (including phenoxy) is 1. The molecule has 0 heterocycles. The van der Waals surface area contributed by atoms with Gasteiger partial charge in [0, 0.05) is 0 Å². The van der Waals surface area contributed by atoms with Crippen LogP contribution in [-0.4, -0.2) is 23.3 Å². The van der Waals surface area contributed by atoms with E-state index in [2.05, 4.69) is 0 Å². The molecule has 4 heteroatoms. The maximum absolute atomic E-state index is 10.2. The zero-order chi connectivity index (χ0) is 11.3. The fourth-order valence-corrected chi connectivity index (χ4v) is 1.11. The van der Waals surface area contributed by atoms with Crippen molar-refractivity contribution in [2.45, 2.75) is 6.42 Å². The normalized spacial score (nSPS) is 10.5. The number of benzene rings is 1. The standard InChI is InChI=1S/C11H12O4/c1-15-10-6-5-8(7-9(10)12)3-2-4-11(13)14/h2-3,5-7,12H,4H2,1H3,(H,13,14). The quantitative estimate of drug-likeness (QED) is 0.792. The number of hydrogen-bond donors (Lipinski definition) is 2. The first-order valence-corrected chi connectivity index (χ1v) is 4.39. The van der Waals surface area contributed by atoms with Crippen LogP contribution >= 0.6 is 0 Å². The van der Waals surface area contributed by atoms with E-state index in [1.165, 1.54) is 19.3 Å². The van der Waals surface area contributed by atoms with E-state index in [0.717, 1.165) is 5.56 Å². The van der Waals surface area contributed by atoms with Crippen LogP contribution in [0.25, 0.3) is 6.08 Å². The molecule has 1 rings (SSSR count). The van der Waals surface area contributed by atoms with E-state index in [1.807, 2.05) is 0 Å². The van der Waals surface area contributed by atoms with E-state index in [1.54, 1.807) is 18.2 Å². The van der Waals surface area contributed by atoms with E-state index < -0.39 is 5.97 Å². The molecule has 15 heavy (non-hydrogen) atoms. The minimum atomic E-state index is -0.885. The van der Waals surface area contributed by atoms with Gasteiger partial charge in [0.1, 0.15) is 0 Å². The van der Waals surface area contributed by atoms with Gasteiger partial charge in [-0.3, -0.25) is 4.79 Å². The Bertz CT molecular complexity index is 382. The van der Waals surface area contributed by atoms with Gasteiger partial charge < -0.3 is 14.9 Å². The van der Waals surface area contributed by atoms with Crippen LogP contribution in [0, 0.1) is 0 Å². The van der Waals surface area contributed by atoms with Gasteiger partial charge in [0.25, 0.3) is 0 Å². The Morgan fingerprint density at radius 2 is 2.27 bits per heavy atom. The zero-order valence-electron chi connectivity index (χ0n) is 8.30. The lowest BCUT2D eigenvalue weighted by atomic mass is 10.2. The molecule has 2 N–H and O–H groups in total. The molecule has 0 bridgehead atoms. The third-order valence-electron chi connectivity index (χ3n) is 1.81. The smallest absolute Gasteiger partial charge is 0.307 e. The van der Waals surface area contributed by atoms with Crippen LogP contribution in [0.1, 0.15) is 12.0 Å². The van der Waals surface area contributed by atoms with Gasteiger partial charge in [0.15, 0.2) is 11.5 Å². The molecule has 0 spiro atoms. The van der Waals surface area contributed by atoms with E-state index in [4.69, 9.17) is 9.84 Å². The molecule has 0 aliphatic heterocycles. The van der Waals surface area contributed by atoms with Crippen molar-refractivity contribution in [2.24, 2.45) is 0 Å². The molecule has 4 nitrogen and oxygen atoms in total. The molecule has 0 aromatic heterocycles. The van der Waals surface area contributed by atoms with Crippen molar-refractivity contribution < 1.29 is 19.7 Å². The van der Waals surface area contributed by atoms with Crippen LogP contribution in [-0.2, 0) is 4.79 Å². The Morgan fingerprint density at radius 3 is 2.80 bits per heavy atom. The van der Waals surface area contributed by atoms with Gasteiger partial charge >= 0.3 is 5.97 Å². The topological polar surface area (TPSA) is 66.8 Å². The van der Waals surface area contributed by atoms with Gasteiger partial charge in [-0.1, -0.05) is 18.2 Å². The number of carboxylic acids is 1. The summed E-state index contributed by atoms with van der Waals surface area (Å²) in [6.45, 7) is 0. The molecule has 0 amide bonds. The predicted molar refractivity (Wildman–Crippen MR) is 55.9 cm³/mol. The average Bonchev–Trinajstić information content (AvgIpc) is 2.17. The van der Waals surface area contributed by atoms with Gasteiger partial charge in [-0.25, -0.2) is 0 Å². The number of carboxylic acid groups (broad SMARTS) is 1. The number of aliphatic carboxylic acids is 1. The maximum atomic E-state index is 10.2. The molecule has 0 aliphatic carbocycles. The molecule has 0 unspecified atom stereocenters. The molecular formula is C11H12O4. The number of carbonyl (C=O) groups is 1. The number of rotatable bonds is 4.